The van der Waals surface area contributed by atoms with Crippen molar-refractivity contribution in [2.75, 3.05) is 0 Å². The molecule has 1 aromatic heterocycles. The van der Waals surface area contributed by atoms with E-state index in [4.69, 9.17) is 10.5 Å². The van der Waals surface area contributed by atoms with Gasteiger partial charge in [0.2, 0.25) is 0 Å². The Bertz CT molecular complexity index is 617. The summed E-state index contributed by atoms with van der Waals surface area (Å²) in [5.41, 5.74) is 6.77. The topological polar surface area (TPSA) is 48.1 Å². The molecule has 0 radical (unpaired) electrons. The van der Waals surface area contributed by atoms with E-state index in [-0.39, 0.29) is 18.2 Å². The third-order valence-corrected chi connectivity index (χ3v) is 4.40. The highest BCUT2D eigenvalue weighted by atomic mass is 32.1. The van der Waals surface area contributed by atoms with Crippen LogP contribution in [0.25, 0.3) is 0 Å². The van der Waals surface area contributed by atoms with Gasteiger partial charge in [0.25, 0.3) is 0 Å². The third kappa shape index (κ3) is 3.80. The second-order valence-corrected chi connectivity index (χ2v) is 7.00. The van der Waals surface area contributed by atoms with Crippen molar-refractivity contribution < 1.29 is 9.13 Å². The summed E-state index contributed by atoms with van der Waals surface area (Å²) in [5, 5.41) is 0.815. The van der Waals surface area contributed by atoms with Crippen molar-refractivity contribution in [3.05, 3.63) is 45.7 Å². The largest absolute Gasteiger partial charge is 0.483 e. The number of hydrogen-bond donors (Lipinski definition) is 1. The van der Waals surface area contributed by atoms with E-state index in [2.05, 4.69) is 18.8 Å². The first-order valence-electron chi connectivity index (χ1n) is 6.95. The molecule has 0 atom stereocenters. The van der Waals surface area contributed by atoms with Gasteiger partial charge in [-0.15, -0.1) is 11.3 Å². The van der Waals surface area contributed by atoms with Crippen LogP contribution in [0.15, 0.2) is 24.3 Å². The molecule has 0 aliphatic rings. The highest BCUT2D eigenvalue weighted by molar-refractivity contribution is 7.11. The van der Waals surface area contributed by atoms with Gasteiger partial charge in [-0.2, -0.15) is 0 Å². The molecule has 0 aliphatic heterocycles. The number of hydrogen-bond acceptors (Lipinski definition) is 4. The smallest absolute Gasteiger partial charge is 0.165 e. The van der Waals surface area contributed by atoms with Crippen molar-refractivity contribution >= 4 is 11.3 Å². The van der Waals surface area contributed by atoms with E-state index in [1.807, 2.05) is 13.8 Å². The van der Waals surface area contributed by atoms with Gasteiger partial charge in [0.15, 0.2) is 11.6 Å². The summed E-state index contributed by atoms with van der Waals surface area (Å²) in [6, 6.07) is 6.37. The summed E-state index contributed by atoms with van der Waals surface area (Å²) in [4.78, 5) is 5.67. The zero-order valence-electron chi connectivity index (χ0n) is 12.8. The van der Waals surface area contributed by atoms with Gasteiger partial charge in [-0.05, 0) is 31.9 Å². The Morgan fingerprint density at radius 3 is 2.52 bits per heavy atom. The molecule has 3 nitrogen and oxygen atoms in total. The molecule has 1 heterocycles. The number of aromatic nitrogens is 1. The SMILES string of the molecule is CC(C)c1nc(COc2ccccc2F)sc1C(C)(C)N. The van der Waals surface area contributed by atoms with E-state index in [0.29, 0.717) is 5.92 Å². The summed E-state index contributed by atoms with van der Waals surface area (Å²) in [6.45, 7) is 8.36. The standard InChI is InChI=1S/C16H21FN2OS/c1-10(2)14-15(16(3,4)18)21-13(19-14)9-20-12-8-6-5-7-11(12)17/h5-8,10H,9,18H2,1-4H3. The Hall–Kier alpha value is -1.46. The Balaban J connectivity index is 2.20. The van der Waals surface area contributed by atoms with E-state index >= 15 is 0 Å². The molecule has 0 bridgehead atoms. The van der Waals surface area contributed by atoms with Crippen LogP contribution in [0.3, 0.4) is 0 Å². The molecular weight excluding hydrogens is 287 g/mol. The van der Waals surface area contributed by atoms with E-state index < -0.39 is 5.54 Å². The minimum atomic E-state index is -0.437. The fraction of sp³-hybridized carbons (Fsp3) is 0.438. The lowest BCUT2D eigenvalue weighted by molar-refractivity contribution is 0.289. The predicted octanol–water partition coefficient (Wildman–Crippen LogP) is 4.18. The second-order valence-electron chi connectivity index (χ2n) is 5.92. The van der Waals surface area contributed by atoms with E-state index in [1.54, 1.807) is 18.2 Å². The third-order valence-electron chi connectivity index (χ3n) is 3.02. The van der Waals surface area contributed by atoms with Gasteiger partial charge in [0.05, 0.1) is 5.69 Å². The lowest BCUT2D eigenvalue weighted by atomic mass is 9.98. The molecule has 21 heavy (non-hydrogen) atoms. The summed E-state index contributed by atoms with van der Waals surface area (Å²) in [7, 11) is 0. The number of nitrogens with zero attached hydrogens (tertiary/aromatic N) is 1. The minimum Gasteiger partial charge on any atom is -0.483 e. The van der Waals surface area contributed by atoms with Crippen LogP contribution < -0.4 is 10.5 Å². The zero-order chi connectivity index (χ0) is 15.6. The maximum atomic E-state index is 13.5. The fourth-order valence-electron chi connectivity index (χ4n) is 1.99. The normalized spacial score (nSPS) is 12.0. The lowest BCUT2D eigenvalue weighted by Gasteiger charge is -2.19. The first kappa shape index (κ1) is 15.9. The molecule has 0 aliphatic carbocycles. The second kappa shape index (κ2) is 6.12. The average molecular weight is 308 g/mol. The molecule has 2 aromatic rings. The summed E-state index contributed by atoms with van der Waals surface area (Å²) in [6.07, 6.45) is 0. The molecular formula is C16H21FN2OS. The summed E-state index contributed by atoms with van der Waals surface area (Å²) in [5.74, 6) is 0.172. The van der Waals surface area contributed by atoms with Crippen molar-refractivity contribution in [1.29, 1.82) is 0 Å². The van der Waals surface area contributed by atoms with E-state index in [0.717, 1.165) is 15.6 Å². The van der Waals surface area contributed by atoms with Gasteiger partial charge in [-0.25, -0.2) is 9.37 Å². The number of halogens is 1. The molecule has 0 saturated carbocycles. The number of nitrogens with two attached hydrogens (primary N) is 1. The van der Waals surface area contributed by atoms with Crippen molar-refractivity contribution in [2.45, 2.75) is 45.8 Å². The Morgan fingerprint density at radius 1 is 1.33 bits per heavy atom. The molecule has 0 unspecified atom stereocenters. The van der Waals surface area contributed by atoms with Gasteiger partial charge < -0.3 is 10.5 Å². The fourth-order valence-corrected chi connectivity index (χ4v) is 3.14. The molecule has 0 saturated heterocycles. The highest BCUT2D eigenvalue weighted by Gasteiger charge is 2.25. The van der Waals surface area contributed by atoms with Crippen LogP contribution in [0.1, 0.15) is 49.2 Å². The molecule has 1 aromatic carbocycles. The highest BCUT2D eigenvalue weighted by Crippen LogP contribution is 2.33. The van der Waals surface area contributed by atoms with Gasteiger partial charge >= 0.3 is 0 Å². The predicted molar refractivity (Wildman–Crippen MR) is 84.1 cm³/mol. The Labute approximate surface area is 129 Å². The van der Waals surface area contributed by atoms with Crippen LogP contribution in [0.4, 0.5) is 4.39 Å². The van der Waals surface area contributed by atoms with Crippen LogP contribution in [-0.4, -0.2) is 4.98 Å². The van der Waals surface area contributed by atoms with Crippen LogP contribution in [0, 0.1) is 5.82 Å². The molecule has 0 spiro atoms. The number of benzene rings is 1. The van der Waals surface area contributed by atoms with Crippen LogP contribution >= 0.6 is 11.3 Å². The maximum Gasteiger partial charge on any atom is 0.165 e. The molecule has 5 heteroatoms. The van der Waals surface area contributed by atoms with Crippen molar-refractivity contribution in [3.8, 4) is 5.75 Å². The number of para-hydroxylation sites is 1. The van der Waals surface area contributed by atoms with Crippen LogP contribution in [-0.2, 0) is 12.1 Å². The molecule has 2 N–H and O–H groups in total. The summed E-state index contributed by atoms with van der Waals surface area (Å²) >= 11 is 1.54. The molecule has 114 valence electrons. The van der Waals surface area contributed by atoms with Gasteiger partial charge in [-0.1, -0.05) is 26.0 Å². The van der Waals surface area contributed by atoms with Gasteiger partial charge in [0.1, 0.15) is 11.6 Å². The van der Waals surface area contributed by atoms with Crippen LogP contribution in [0.5, 0.6) is 5.75 Å². The number of ether oxygens (including phenoxy) is 1. The Kier molecular flexibility index (Phi) is 4.64. The van der Waals surface area contributed by atoms with E-state index in [1.165, 1.54) is 17.4 Å². The molecule has 0 amide bonds. The minimum absolute atomic E-state index is 0.243. The summed E-state index contributed by atoms with van der Waals surface area (Å²) < 4.78 is 19.0. The Morgan fingerprint density at radius 2 is 2.00 bits per heavy atom. The number of thiazole rings is 1. The van der Waals surface area contributed by atoms with Crippen molar-refractivity contribution in [2.24, 2.45) is 5.73 Å². The molecule has 0 fully saturated rings. The lowest BCUT2D eigenvalue weighted by Crippen LogP contribution is -2.28. The van der Waals surface area contributed by atoms with Gasteiger partial charge in [0, 0.05) is 10.4 Å². The van der Waals surface area contributed by atoms with Crippen molar-refractivity contribution in [1.82, 2.24) is 4.98 Å². The number of rotatable bonds is 5. The van der Waals surface area contributed by atoms with E-state index in [9.17, 15) is 4.39 Å². The first-order chi connectivity index (χ1) is 9.79. The monoisotopic (exact) mass is 308 g/mol. The van der Waals surface area contributed by atoms with Crippen LogP contribution in [0.2, 0.25) is 0 Å². The quantitative estimate of drug-likeness (QED) is 0.901. The zero-order valence-corrected chi connectivity index (χ0v) is 13.6. The van der Waals surface area contributed by atoms with Crippen molar-refractivity contribution in [3.63, 3.8) is 0 Å². The molecule has 2 rings (SSSR count). The maximum absolute atomic E-state index is 13.5. The average Bonchev–Trinajstić information content (AvgIpc) is 2.82. The van der Waals surface area contributed by atoms with Gasteiger partial charge in [-0.3, -0.25) is 0 Å². The first-order valence-corrected chi connectivity index (χ1v) is 7.77.